The molecule has 128 valence electrons. The monoisotopic (exact) mass is 337 g/mol. The molecule has 0 radical (unpaired) electrons. The number of nitrogens with two attached hydrogens (primary N) is 1. The molecule has 0 spiro atoms. The summed E-state index contributed by atoms with van der Waals surface area (Å²) in [6.45, 7) is 2.54. The zero-order valence-electron chi connectivity index (χ0n) is 14.1. The van der Waals surface area contributed by atoms with Gasteiger partial charge in [0.05, 0.1) is 12.8 Å². The summed E-state index contributed by atoms with van der Waals surface area (Å²) in [5.74, 6) is 0.165. The molecule has 2 heterocycles. The third-order valence-electron chi connectivity index (χ3n) is 3.84. The van der Waals surface area contributed by atoms with Gasteiger partial charge in [0.15, 0.2) is 5.69 Å². The van der Waals surface area contributed by atoms with Gasteiger partial charge in [0.25, 0.3) is 5.91 Å². The van der Waals surface area contributed by atoms with Crippen molar-refractivity contribution in [2.75, 3.05) is 19.4 Å². The van der Waals surface area contributed by atoms with Crippen LogP contribution in [0.3, 0.4) is 0 Å². The molecule has 2 aromatic heterocycles. The van der Waals surface area contributed by atoms with Gasteiger partial charge < -0.3 is 15.8 Å². The molecule has 0 bridgehead atoms. The number of amides is 1. The minimum absolute atomic E-state index is 0.135. The number of nitrogen functional groups attached to an aromatic ring is 1. The lowest BCUT2D eigenvalue weighted by molar-refractivity contribution is 0.0949. The summed E-state index contributed by atoms with van der Waals surface area (Å²) in [5, 5.41) is 11.7. The molecule has 0 aliphatic carbocycles. The average Bonchev–Trinajstić information content (AvgIpc) is 2.66. The lowest BCUT2D eigenvalue weighted by Crippen LogP contribution is -2.26. The average molecular weight is 337 g/mol. The number of methoxy groups -OCH3 is 1. The molecular formula is C18H19N5O2. The second-order valence-corrected chi connectivity index (χ2v) is 5.48. The number of rotatable bonds is 5. The predicted molar refractivity (Wildman–Crippen MR) is 96.4 cm³/mol. The molecule has 7 heteroatoms. The molecule has 3 rings (SSSR count). The maximum absolute atomic E-state index is 12.2. The molecule has 7 nitrogen and oxygen atoms in total. The Kier molecular flexibility index (Phi) is 4.74. The van der Waals surface area contributed by atoms with Crippen molar-refractivity contribution >= 4 is 22.5 Å². The van der Waals surface area contributed by atoms with Gasteiger partial charge in [0.2, 0.25) is 5.88 Å². The van der Waals surface area contributed by atoms with E-state index in [1.807, 2.05) is 37.3 Å². The number of nitrogens with zero attached hydrogens (tertiary/aromatic N) is 3. The number of carbonyl (C=O) groups excluding carboxylic acids is 1. The number of nitrogens with one attached hydrogen (secondary N) is 1. The van der Waals surface area contributed by atoms with Gasteiger partial charge in [-0.15, -0.1) is 10.2 Å². The summed E-state index contributed by atoms with van der Waals surface area (Å²) in [6.07, 6.45) is 2.49. The molecule has 0 atom stereocenters. The van der Waals surface area contributed by atoms with E-state index in [-0.39, 0.29) is 11.6 Å². The zero-order valence-corrected chi connectivity index (χ0v) is 14.1. The van der Waals surface area contributed by atoms with Crippen LogP contribution in [0.2, 0.25) is 0 Å². The fourth-order valence-electron chi connectivity index (χ4n) is 2.62. The van der Waals surface area contributed by atoms with Crippen molar-refractivity contribution in [2.24, 2.45) is 0 Å². The first-order valence-corrected chi connectivity index (χ1v) is 7.99. The number of aromatic nitrogens is 3. The third kappa shape index (κ3) is 3.08. The van der Waals surface area contributed by atoms with E-state index in [0.717, 1.165) is 17.5 Å². The molecule has 0 aliphatic heterocycles. The van der Waals surface area contributed by atoms with Crippen LogP contribution in [0.15, 0.2) is 36.5 Å². The van der Waals surface area contributed by atoms with Crippen LogP contribution < -0.4 is 15.8 Å². The molecule has 0 unspecified atom stereocenters. The number of ether oxygens (including phenoxy) is 1. The number of anilines is 1. The van der Waals surface area contributed by atoms with E-state index in [4.69, 9.17) is 10.5 Å². The Balaban J connectivity index is 2.15. The second-order valence-electron chi connectivity index (χ2n) is 5.48. The van der Waals surface area contributed by atoms with E-state index in [0.29, 0.717) is 29.0 Å². The quantitative estimate of drug-likeness (QED) is 0.741. The standard InChI is InChI=1S/C18H19N5O2/c1-3-9-20-17(24)16-14(19)13-7-4-6-11(15(13)22-23-16)12-8-5-10-21-18(12)25-2/h4-8,10H,3,9H2,1-2H3,(H2,19,22)(H,20,24). The summed E-state index contributed by atoms with van der Waals surface area (Å²) in [7, 11) is 1.56. The van der Waals surface area contributed by atoms with Crippen molar-refractivity contribution in [2.45, 2.75) is 13.3 Å². The Hall–Kier alpha value is -3.22. The van der Waals surface area contributed by atoms with E-state index in [1.165, 1.54) is 0 Å². The minimum Gasteiger partial charge on any atom is -0.481 e. The van der Waals surface area contributed by atoms with Crippen LogP contribution in [0, 0.1) is 0 Å². The molecule has 25 heavy (non-hydrogen) atoms. The van der Waals surface area contributed by atoms with Crippen molar-refractivity contribution in [1.29, 1.82) is 0 Å². The Morgan fingerprint density at radius 1 is 1.20 bits per heavy atom. The first-order chi connectivity index (χ1) is 12.2. The van der Waals surface area contributed by atoms with Gasteiger partial charge in [-0.25, -0.2) is 4.98 Å². The van der Waals surface area contributed by atoms with Crippen LogP contribution in [0.5, 0.6) is 5.88 Å². The number of fused-ring (bicyclic) bond motifs is 1. The molecule has 1 amide bonds. The molecule has 3 aromatic rings. The van der Waals surface area contributed by atoms with E-state index in [1.54, 1.807) is 13.3 Å². The van der Waals surface area contributed by atoms with Crippen LogP contribution in [-0.2, 0) is 0 Å². The summed E-state index contributed by atoms with van der Waals surface area (Å²) >= 11 is 0. The Labute approximate surface area is 145 Å². The van der Waals surface area contributed by atoms with Crippen molar-refractivity contribution in [1.82, 2.24) is 20.5 Å². The van der Waals surface area contributed by atoms with Gasteiger partial charge in [0.1, 0.15) is 5.52 Å². The number of benzene rings is 1. The zero-order chi connectivity index (χ0) is 17.8. The molecule has 3 N–H and O–H groups in total. The Bertz CT molecular complexity index is 926. The predicted octanol–water partition coefficient (Wildman–Crippen LogP) is 2.42. The van der Waals surface area contributed by atoms with Gasteiger partial charge in [-0.1, -0.05) is 25.1 Å². The normalized spacial score (nSPS) is 10.6. The lowest BCUT2D eigenvalue weighted by atomic mass is 10.0. The van der Waals surface area contributed by atoms with Crippen LogP contribution in [0.25, 0.3) is 22.0 Å². The highest BCUT2D eigenvalue weighted by atomic mass is 16.5. The number of pyridine rings is 1. The molecule has 0 saturated carbocycles. The molecule has 0 fully saturated rings. The Morgan fingerprint density at radius 2 is 2.00 bits per heavy atom. The van der Waals surface area contributed by atoms with Crippen molar-refractivity contribution < 1.29 is 9.53 Å². The van der Waals surface area contributed by atoms with Crippen LogP contribution >= 0.6 is 0 Å². The Morgan fingerprint density at radius 3 is 2.76 bits per heavy atom. The van der Waals surface area contributed by atoms with Crippen molar-refractivity contribution in [3.05, 3.63) is 42.2 Å². The van der Waals surface area contributed by atoms with Crippen LogP contribution in [0.4, 0.5) is 5.69 Å². The van der Waals surface area contributed by atoms with Gasteiger partial charge >= 0.3 is 0 Å². The molecule has 1 aromatic carbocycles. The highest BCUT2D eigenvalue weighted by molar-refractivity contribution is 6.07. The summed E-state index contributed by atoms with van der Waals surface area (Å²) in [6, 6.07) is 9.28. The van der Waals surface area contributed by atoms with Gasteiger partial charge in [-0.3, -0.25) is 4.79 Å². The summed E-state index contributed by atoms with van der Waals surface area (Å²) in [5.41, 5.74) is 8.82. The van der Waals surface area contributed by atoms with Crippen molar-refractivity contribution in [3.8, 4) is 17.0 Å². The minimum atomic E-state index is -0.321. The summed E-state index contributed by atoms with van der Waals surface area (Å²) in [4.78, 5) is 16.4. The van der Waals surface area contributed by atoms with E-state index >= 15 is 0 Å². The van der Waals surface area contributed by atoms with Crippen LogP contribution in [0.1, 0.15) is 23.8 Å². The number of hydrogen-bond acceptors (Lipinski definition) is 6. The fourth-order valence-corrected chi connectivity index (χ4v) is 2.62. The number of hydrogen-bond donors (Lipinski definition) is 2. The molecular weight excluding hydrogens is 318 g/mol. The highest BCUT2D eigenvalue weighted by Gasteiger charge is 2.18. The lowest BCUT2D eigenvalue weighted by Gasteiger charge is -2.12. The van der Waals surface area contributed by atoms with Gasteiger partial charge in [0, 0.05) is 29.3 Å². The van der Waals surface area contributed by atoms with E-state index in [9.17, 15) is 4.79 Å². The van der Waals surface area contributed by atoms with Gasteiger partial charge in [-0.2, -0.15) is 0 Å². The maximum Gasteiger partial charge on any atom is 0.273 e. The molecule has 0 saturated heterocycles. The van der Waals surface area contributed by atoms with Crippen molar-refractivity contribution in [3.63, 3.8) is 0 Å². The SMILES string of the molecule is CCCNC(=O)c1nnc2c(-c3cccnc3OC)cccc2c1N. The molecule has 0 aliphatic rings. The third-order valence-corrected chi connectivity index (χ3v) is 3.84. The number of carbonyl (C=O) groups is 1. The van der Waals surface area contributed by atoms with Gasteiger partial charge in [-0.05, 0) is 18.6 Å². The largest absolute Gasteiger partial charge is 0.481 e. The topological polar surface area (TPSA) is 103 Å². The summed E-state index contributed by atoms with van der Waals surface area (Å²) < 4.78 is 5.33. The highest BCUT2D eigenvalue weighted by Crippen LogP contribution is 2.34. The fraction of sp³-hybridized carbons (Fsp3) is 0.222. The first kappa shape index (κ1) is 16.6. The van der Waals surface area contributed by atoms with Crippen LogP contribution in [-0.4, -0.2) is 34.7 Å². The smallest absolute Gasteiger partial charge is 0.273 e. The van der Waals surface area contributed by atoms with E-state index in [2.05, 4.69) is 20.5 Å². The maximum atomic E-state index is 12.2. The first-order valence-electron chi connectivity index (χ1n) is 7.99. The second kappa shape index (κ2) is 7.12. The van der Waals surface area contributed by atoms with E-state index < -0.39 is 0 Å².